The lowest BCUT2D eigenvalue weighted by Crippen LogP contribution is -2.41. The van der Waals surface area contributed by atoms with E-state index in [1.54, 1.807) is 14.1 Å². The van der Waals surface area contributed by atoms with Crippen molar-refractivity contribution >= 4 is 11.8 Å². The second-order valence-corrected chi connectivity index (χ2v) is 7.51. The largest absolute Gasteiger partial charge is 0.347 e. The summed E-state index contributed by atoms with van der Waals surface area (Å²) in [6, 6.07) is 8.72. The zero-order valence-electron chi connectivity index (χ0n) is 16.4. The van der Waals surface area contributed by atoms with E-state index in [-0.39, 0.29) is 30.9 Å². The molecule has 0 aromatic heterocycles. The van der Waals surface area contributed by atoms with Crippen LogP contribution < -0.4 is 10.6 Å². The van der Waals surface area contributed by atoms with Crippen LogP contribution in [0.2, 0.25) is 0 Å². The minimum absolute atomic E-state index is 0.0315. The molecule has 5 nitrogen and oxygen atoms in total. The average molecular weight is 348 g/mol. The lowest BCUT2D eigenvalue weighted by atomic mass is 9.94. The number of carbonyl (C=O) groups excluding carboxylic acids is 2. The summed E-state index contributed by atoms with van der Waals surface area (Å²) in [4.78, 5) is 24.9. The summed E-state index contributed by atoms with van der Waals surface area (Å²) < 4.78 is 0. The third-order valence-electron chi connectivity index (χ3n) is 4.07. The standard InChI is InChI=1S/C20H33N3O2/c1-14(2)11-16-7-9-17(10-8-16)20(15(3)4)22-12-18(24)21-13-19(25)23(5)6/h7-10,14-15,20,22H,11-13H2,1-6H3,(H,21,24)/t20-/m1/s1. The molecule has 1 atom stereocenters. The first-order chi connectivity index (χ1) is 11.7. The van der Waals surface area contributed by atoms with Gasteiger partial charge >= 0.3 is 0 Å². The number of rotatable bonds is 9. The number of carbonyl (C=O) groups is 2. The first kappa shape index (κ1) is 21.2. The second kappa shape index (κ2) is 10.2. The third kappa shape index (κ3) is 7.69. The minimum Gasteiger partial charge on any atom is -0.347 e. The maximum atomic E-state index is 12.0. The van der Waals surface area contributed by atoms with Gasteiger partial charge < -0.3 is 15.5 Å². The maximum absolute atomic E-state index is 12.0. The van der Waals surface area contributed by atoms with Crippen molar-refractivity contribution in [2.45, 2.75) is 40.2 Å². The van der Waals surface area contributed by atoms with Crippen LogP contribution in [-0.4, -0.2) is 43.9 Å². The van der Waals surface area contributed by atoms with Crippen molar-refractivity contribution in [3.05, 3.63) is 35.4 Å². The Balaban J connectivity index is 2.59. The Hall–Kier alpha value is -1.88. The number of nitrogens with one attached hydrogen (secondary N) is 2. The summed E-state index contributed by atoms with van der Waals surface area (Å²) in [6.07, 6.45) is 1.07. The zero-order valence-corrected chi connectivity index (χ0v) is 16.4. The Morgan fingerprint density at radius 1 is 1.00 bits per heavy atom. The van der Waals surface area contributed by atoms with Crippen LogP contribution in [0.4, 0.5) is 0 Å². The van der Waals surface area contributed by atoms with Crippen molar-refractivity contribution in [2.75, 3.05) is 27.2 Å². The molecule has 25 heavy (non-hydrogen) atoms. The maximum Gasteiger partial charge on any atom is 0.241 e. The molecule has 0 bridgehead atoms. The number of amides is 2. The molecular weight excluding hydrogens is 314 g/mol. The molecule has 1 aromatic rings. The van der Waals surface area contributed by atoms with Gasteiger partial charge in [-0.1, -0.05) is 52.0 Å². The van der Waals surface area contributed by atoms with E-state index >= 15 is 0 Å². The summed E-state index contributed by atoms with van der Waals surface area (Å²) in [5.74, 6) is 0.706. The first-order valence-electron chi connectivity index (χ1n) is 8.99. The molecule has 0 fully saturated rings. The van der Waals surface area contributed by atoms with Crippen LogP contribution >= 0.6 is 0 Å². The Bertz CT molecular complexity index is 551. The van der Waals surface area contributed by atoms with Crippen LogP contribution in [0.3, 0.4) is 0 Å². The quantitative estimate of drug-likeness (QED) is 0.721. The van der Waals surface area contributed by atoms with Gasteiger partial charge in [0.25, 0.3) is 0 Å². The monoisotopic (exact) mass is 347 g/mol. The van der Waals surface area contributed by atoms with E-state index in [2.05, 4.69) is 62.6 Å². The van der Waals surface area contributed by atoms with Crippen LogP contribution in [0.5, 0.6) is 0 Å². The highest BCUT2D eigenvalue weighted by Gasteiger charge is 2.17. The van der Waals surface area contributed by atoms with E-state index in [0.29, 0.717) is 11.8 Å². The predicted octanol–water partition coefficient (Wildman–Crippen LogP) is 2.38. The lowest BCUT2D eigenvalue weighted by molar-refractivity contribution is -0.130. The molecule has 0 saturated heterocycles. The molecule has 0 heterocycles. The van der Waals surface area contributed by atoms with Crippen molar-refractivity contribution < 1.29 is 9.59 Å². The van der Waals surface area contributed by atoms with E-state index in [1.165, 1.54) is 16.0 Å². The van der Waals surface area contributed by atoms with Gasteiger partial charge in [0.15, 0.2) is 0 Å². The molecule has 1 aromatic carbocycles. The zero-order chi connectivity index (χ0) is 19.0. The summed E-state index contributed by atoms with van der Waals surface area (Å²) in [5, 5.41) is 5.96. The number of hydrogen-bond acceptors (Lipinski definition) is 3. The predicted molar refractivity (Wildman–Crippen MR) is 102 cm³/mol. The summed E-state index contributed by atoms with van der Waals surface area (Å²) >= 11 is 0. The minimum atomic E-state index is -0.169. The van der Waals surface area contributed by atoms with Crippen LogP contribution in [-0.2, 0) is 16.0 Å². The SMILES string of the molecule is CC(C)Cc1ccc([C@H](NCC(=O)NCC(=O)N(C)C)C(C)C)cc1. The van der Waals surface area contributed by atoms with Gasteiger partial charge in [0, 0.05) is 20.1 Å². The van der Waals surface area contributed by atoms with Gasteiger partial charge in [-0.25, -0.2) is 0 Å². The number of nitrogens with zero attached hydrogens (tertiary/aromatic N) is 1. The lowest BCUT2D eigenvalue weighted by Gasteiger charge is -2.23. The summed E-state index contributed by atoms with van der Waals surface area (Å²) in [6.45, 7) is 8.92. The molecule has 0 aliphatic heterocycles. The molecule has 0 spiro atoms. The fourth-order valence-electron chi connectivity index (χ4n) is 2.67. The first-order valence-corrected chi connectivity index (χ1v) is 8.99. The number of benzene rings is 1. The molecular formula is C20H33N3O2. The highest BCUT2D eigenvalue weighted by Crippen LogP contribution is 2.22. The van der Waals surface area contributed by atoms with Crippen molar-refractivity contribution in [1.29, 1.82) is 0 Å². The van der Waals surface area contributed by atoms with Crippen LogP contribution in [0.1, 0.15) is 44.9 Å². The number of likely N-dealkylation sites (N-methyl/N-ethyl adjacent to an activating group) is 1. The highest BCUT2D eigenvalue weighted by atomic mass is 16.2. The van der Waals surface area contributed by atoms with Crippen LogP contribution in [0.25, 0.3) is 0 Å². The molecule has 0 saturated carbocycles. The summed E-state index contributed by atoms with van der Waals surface area (Å²) in [5.41, 5.74) is 2.51. The van der Waals surface area contributed by atoms with E-state index in [9.17, 15) is 9.59 Å². The van der Waals surface area contributed by atoms with Gasteiger partial charge in [-0.05, 0) is 29.4 Å². The highest BCUT2D eigenvalue weighted by molar-refractivity contribution is 5.85. The van der Waals surface area contributed by atoms with E-state index < -0.39 is 0 Å². The topological polar surface area (TPSA) is 61.4 Å². The second-order valence-electron chi connectivity index (χ2n) is 7.51. The fraction of sp³-hybridized carbons (Fsp3) is 0.600. The van der Waals surface area contributed by atoms with Crippen molar-refractivity contribution in [3.63, 3.8) is 0 Å². The molecule has 0 aliphatic carbocycles. The van der Waals surface area contributed by atoms with Gasteiger partial charge in [-0.15, -0.1) is 0 Å². The van der Waals surface area contributed by atoms with Crippen molar-refractivity contribution in [1.82, 2.24) is 15.5 Å². The third-order valence-corrected chi connectivity index (χ3v) is 4.07. The van der Waals surface area contributed by atoms with Crippen molar-refractivity contribution in [3.8, 4) is 0 Å². The van der Waals surface area contributed by atoms with Crippen LogP contribution in [0, 0.1) is 11.8 Å². The smallest absolute Gasteiger partial charge is 0.241 e. The van der Waals surface area contributed by atoms with E-state index in [0.717, 1.165) is 6.42 Å². The van der Waals surface area contributed by atoms with Crippen LogP contribution in [0.15, 0.2) is 24.3 Å². The summed E-state index contributed by atoms with van der Waals surface area (Å²) in [7, 11) is 3.34. The normalized spacial score (nSPS) is 12.3. The Morgan fingerprint density at radius 2 is 1.60 bits per heavy atom. The molecule has 0 radical (unpaired) electrons. The molecule has 140 valence electrons. The molecule has 2 amide bonds. The Morgan fingerprint density at radius 3 is 2.08 bits per heavy atom. The fourth-order valence-corrected chi connectivity index (χ4v) is 2.67. The molecule has 0 unspecified atom stereocenters. The molecule has 0 aliphatic rings. The van der Waals surface area contributed by atoms with Crippen molar-refractivity contribution in [2.24, 2.45) is 11.8 Å². The van der Waals surface area contributed by atoms with E-state index in [4.69, 9.17) is 0 Å². The van der Waals surface area contributed by atoms with Gasteiger partial charge in [-0.2, -0.15) is 0 Å². The number of hydrogen-bond donors (Lipinski definition) is 2. The molecule has 1 rings (SSSR count). The average Bonchev–Trinajstić information content (AvgIpc) is 2.53. The Labute approximate surface area is 152 Å². The molecule has 2 N–H and O–H groups in total. The van der Waals surface area contributed by atoms with E-state index in [1.807, 2.05) is 0 Å². The van der Waals surface area contributed by atoms with Gasteiger partial charge in [-0.3, -0.25) is 9.59 Å². The van der Waals surface area contributed by atoms with Gasteiger partial charge in [0.05, 0.1) is 13.1 Å². The molecule has 5 heteroatoms. The Kier molecular flexibility index (Phi) is 8.62. The van der Waals surface area contributed by atoms with Gasteiger partial charge in [0.2, 0.25) is 11.8 Å². The van der Waals surface area contributed by atoms with Gasteiger partial charge in [0.1, 0.15) is 0 Å².